The number of aryl methyl sites for hydroxylation is 2. The number of nitro benzene ring substituents is 1. The van der Waals surface area contributed by atoms with Crippen LogP contribution >= 0.6 is 0 Å². The molecule has 0 N–H and O–H groups in total. The smallest absolute Gasteiger partial charge is 0.337 e. The summed E-state index contributed by atoms with van der Waals surface area (Å²) in [5.74, 6) is -0.409. The maximum absolute atomic E-state index is 12.0. The quantitative estimate of drug-likeness (QED) is 0.248. The van der Waals surface area contributed by atoms with Gasteiger partial charge in [-0.2, -0.15) is 5.26 Å². The number of hydrogen-bond acceptors (Lipinski definition) is 5. The van der Waals surface area contributed by atoms with Gasteiger partial charge in [0, 0.05) is 29.2 Å². The van der Waals surface area contributed by atoms with E-state index in [1.54, 1.807) is 30.3 Å². The molecule has 2 aromatic carbocycles. The molecule has 0 fully saturated rings. The highest BCUT2D eigenvalue weighted by Gasteiger charge is 2.15. The monoisotopic (exact) mass is 415 g/mol. The van der Waals surface area contributed by atoms with Gasteiger partial charge in [-0.15, -0.1) is 0 Å². The summed E-state index contributed by atoms with van der Waals surface area (Å²) in [4.78, 5) is 22.4. The molecule has 0 spiro atoms. The summed E-state index contributed by atoms with van der Waals surface area (Å²) in [5, 5.41) is 20.5. The lowest BCUT2D eigenvalue weighted by molar-refractivity contribution is -0.384. The first-order valence-corrected chi connectivity index (χ1v) is 9.51. The predicted octanol–water partition coefficient (Wildman–Crippen LogP) is 5.16. The van der Waals surface area contributed by atoms with E-state index in [-0.39, 0.29) is 5.69 Å². The van der Waals surface area contributed by atoms with Crippen LogP contribution in [0.3, 0.4) is 0 Å². The molecule has 156 valence electrons. The highest BCUT2D eigenvalue weighted by atomic mass is 16.6. The van der Waals surface area contributed by atoms with Gasteiger partial charge in [-0.05, 0) is 73.9 Å². The molecular weight excluding hydrogens is 394 g/mol. The zero-order valence-electron chi connectivity index (χ0n) is 17.7. The number of non-ortho nitro benzene ring substituents is 1. The highest BCUT2D eigenvalue weighted by molar-refractivity contribution is 5.91. The lowest BCUT2D eigenvalue weighted by Gasteiger charge is -2.14. The summed E-state index contributed by atoms with van der Waals surface area (Å²) in [6.45, 7) is 5.85. The third-order valence-corrected chi connectivity index (χ3v) is 5.15. The maximum Gasteiger partial charge on any atom is 0.337 e. The normalized spacial score (nSPS) is 11.1. The van der Waals surface area contributed by atoms with Gasteiger partial charge in [-0.25, -0.2) is 4.79 Å². The molecule has 1 heterocycles. The van der Waals surface area contributed by atoms with E-state index in [9.17, 15) is 20.2 Å². The first kappa shape index (κ1) is 21.5. The molecule has 7 heteroatoms. The molecule has 0 atom stereocenters. The number of hydrogen-bond donors (Lipinski definition) is 0. The van der Waals surface area contributed by atoms with Gasteiger partial charge in [0.2, 0.25) is 0 Å². The van der Waals surface area contributed by atoms with Crippen LogP contribution in [0.15, 0.2) is 48.5 Å². The lowest BCUT2D eigenvalue weighted by Crippen LogP contribution is -2.06. The van der Waals surface area contributed by atoms with Gasteiger partial charge in [-0.1, -0.05) is 6.07 Å². The Morgan fingerprint density at radius 2 is 1.74 bits per heavy atom. The minimum atomic E-state index is -0.474. The second-order valence-corrected chi connectivity index (χ2v) is 7.13. The Balaban J connectivity index is 2.08. The van der Waals surface area contributed by atoms with Crippen molar-refractivity contribution in [3.63, 3.8) is 0 Å². The van der Waals surface area contributed by atoms with Crippen molar-refractivity contribution >= 4 is 23.3 Å². The zero-order chi connectivity index (χ0) is 22.7. The molecule has 7 nitrogen and oxygen atoms in total. The van der Waals surface area contributed by atoms with Crippen LogP contribution in [-0.2, 0) is 4.74 Å². The van der Waals surface area contributed by atoms with Crippen LogP contribution in [0.4, 0.5) is 5.69 Å². The Labute approximate surface area is 180 Å². The number of methoxy groups -OCH3 is 1. The van der Waals surface area contributed by atoms with E-state index in [0.717, 1.165) is 28.2 Å². The molecule has 0 aliphatic rings. The fraction of sp³-hybridized carbons (Fsp3) is 0.167. The summed E-state index contributed by atoms with van der Waals surface area (Å²) >= 11 is 0. The van der Waals surface area contributed by atoms with Gasteiger partial charge >= 0.3 is 5.97 Å². The lowest BCUT2D eigenvalue weighted by atomic mass is 10.0. The molecule has 31 heavy (non-hydrogen) atoms. The summed E-state index contributed by atoms with van der Waals surface area (Å²) in [6.07, 6.45) is 1.76. The largest absolute Gasteiger partial charge is 0.465 e. The van der Waals surface area contributed by atoms with Crippen molar-refractivity contribution in [3.05, 3.63) is 92.3 Å². The van der Waals surface area contributed by atoms with Crippen LogP contribution in [-0.4, -0.2) is 22.6 Å². The first-order valence-electron chi connectivity index (χ1n) is 9.51. The molecule has 0 aliphatic heterocycles. The standard InChI is InChI=1S/C24H21N3O4/c1-15-5-6-19(24(28)31-4)13-23(15)26-16(2)11-20(17(26)3)12-21(14-25)18-7-9-22(10-8-18)27(29)30/h5-13H,1-4H3/b21-12-. The summed E-state index contributed by atoms with van der Waals surface area (Å²) < 4.78 is 6.86. The first-order chi connectivity index (χ1) is 14.8. The van der Waals surface area contributed by atoms with Crippen LogP contribution in [0.25, 0.3) is 17.3 Å². The molecule has 1 aromatic heterocycles. The Hall–Kier alpha value is -4.18. The second kappa shape index (κ2) is 8.67. The molecule has 0 saturated heterocycles. The molecule has 0 saturated carbocycles. The van der Waals surface area contributed by atoms with E-state index in [1.165, 1.54) is 19.2 Å². The third-order valence-electron chi connectivity index (χ3n) is 5.15. The topological polar surface area (TPSA) is 98.2 Å². The number of nitro groups is 1. The zero-order valence-corrected chi connectivity index (χ0v) is 17.7. The third kappa shape index (κ3) is 4.23. The molecule has 0 bridgehead atoms. The molecule has 0 radical (unpaired) electrons. The average Bonchev–Trinajstić information content (AvgIpc) is 3.04. The number of rotatable bonds is 5. The predicted molar refractivity (Wildman–Crippen MR) is 118 cm³/mol. The molecule has 3 rings (SSSR count). The molecule has 0 unspecified atom stereocenters. The van der Waals surface area contributed by atoms with Crippen molar-refractivity contribution in [1.82, 2.24) is 4.57 Å². The summed E-state index contributed by atoms with van der Waals surface area (Å²) in [5.41, 5.74) is 5.95. The van der Waals surface area contributed by atoms with Crippen molar-refractivity contribution in [2.24, 2.45) is 0 Å². The van der Waals surface area contributed by atoms with Gasteiger partial charge in [0.25, 0.3) is 5.69 Å². The van der Waals surface area contributed by atoms with E-state index in [1.807, 2.05) is 37.5 Å². The van der Waals surface area contributed by atoms with Crippen molar-refractivity contribution in [2.75, 3.05) is 7.11 Å². The number of carbonyl (C=O) groups is 1. The van der Waals surface area contributed by atoms with Crippen LogP contribution in [0.2, 0.25) is 0 Å². The fourth-order valence-corrected chi connectivity index (χ4v) is 3.50. The molecular formula is C24H21N3O4. The van der Waals surface area contributed by atoms with Gasteiger partial charge < -0.3 is 9.30 Å². The number of esters is 1. The van der Waals surface area contributed by atoms with E-state index < -0.39 is 10.9 Å². The van der Waals surface area contributed by atoms with Crippen LogP contribution in [0.1, 0.15) is 38.4 Å². The minimum absolute atomic E-state index is 0.0276. The number of nitrogens with zero attached hydrogens (tertiary/aromatic N) is 3. The van der Waals surface area contributed by atoms with E-state index in [4.69, 9.17) is 4.74 Å². The van der Waals surface area contributed by atoms with Gasteiger partial charge in [-0.3, -0.25) is 10.1 Å². The number of aromatic nitrogens is 1. The SMILES string of the molecule is COC(=O)c1ccc(C)c(-n2c(C)cc(/C=C(/C#N)c3ccc([N+](=O)[O-])cc3)c2C)c1. The van der Waals surface area contributed by atoms with E-state index in [2.05, 4.69) is 6.07 Å². The Morgan fingerprint density at radius 1 is 1.10 bits per heavy atom. The van der Waals surface area contributed by atoms with Crippen molar-refractivity contribution in [2.45, 2.75) is 20.8 Å². The number of carbonyl (C=O) groups excluding carboxylic acids is 1. The Morgan fingerprint density at radius 3 is 2.32 bits per heavy atom. The number of ether oxygens (including phenoxy) is 1. The van der Waals surface area contributed by atoms with Crippen molar-refractivity contribution < 1.29 is 14.5 Å². The van der Waals surface area contributed by atoms with Gasteiger partial charge in [0.15, 0.2) is 0 Å². The fourth-order valence-electron chi connectivity index (χ4n) is 3.50. The second-order valence-electron chi connectivity index (χ2n) is 7.13. The molecule has 0 aliphatic carbocycles. The average molecular weight is 415 g/mol. The van der Waals surface area contributed by atoms with Crippen LogP contribution in [0.5, 0.6) is 0 Å². The van der Waals surface area contributed by atoms with Gasteiger partial charge in [0.1, 0.15) is 0 Å². The maximum atomic E-state index is 12.0. The minimum Gasteiger partial charge on any atom is -0.465 e. The van der Waals surface area contributed by atoms with E-state index >= 15 is 0 Å². The number of allylic oxidation sites excluding steroid dienone is 1. The summed E-state index contributed by atoms with van der Waals surface area (Å²) in [6, 6.07) is 15.4. The number of nitriles is 1. The highest BCUT2D eigenvalue weighted by Crippen LogP contribution is 2.28. The van der Waals surface area contributed by atoms with Gasteiger partial charge in [0.05, 0.1) is 29.2 Å². The van der Waals surface area contributed by atoms with Crippen molar-refractivity contribution in [1.29, 1.82) is 5.26 Å². The van der Waals surface area contributed by atoms with Crippen LogP contribution in [0, 0.1) is 42.2 Å². The Kier molecular flexibility index (Phi) is 6.02. The molecule has 0 amide bonds. The number of benzene rings is 2. The van der Waals surface area contributed by atoms with Crippen LogP contribution < -0.4 is 0 Å². The van der Waals surface area contributed by atoms with Crippen molar-refractivity contribution in [3.8, 4) is 11.8 Å². The van der Waals surface area contributed by atoms with E-state index in [0.29, 0.717) is 16.7 Å². The Bertz CT molecular complexity index is 1250. The molecule has 3 aromatic rings. The summed E-state index contributed by atoms with van der Waals surface area (Å²) in [7, 11) is 1.35.